The van der Waals surface area contributed by atoms with Gasteiger partial charge in [-0.15, -0.1) is 0 Å². The van der Waals surface area contributed by atoms with Gasteiger partial charge < -0.3 is 0 Å². The zero-order valence-corrected chi connectivity index (χ0v) is 13.8. The quantitative estimate of drug-likeness (QED) is 0.862. The van der Waals surface area contributed by atoms with Crippen molar-refractivity contribution in [3.63, 3.8) is 0 Å². The molecule has 2 rings (SSSR count). The number of rotatable bonds is 3. The molecular weight excluding hydrogens is 298 g/mol. The summed E-state index contributed by atoms with van der Waals surface area (Å²) in [5.74, 6) is 0. The average Bonchev–Trinajstić information content (AvgIpc) is 2.36. The Hall–Kier alpha value is -2.39. The Morgan fingerprint density at radius 2 is 1.59 bits per heavy atom. The number of hydrogen-bond donors (Lipinski definition) is 1. The molecule has 5 nitrogen and oxygen atoms in total. The van der Waals surface area contributed by atoms with Gasteiger partial charge in [-0.1, -0.05) is 29.8 Å². The molecule has 0 aliphatic heterocycles. The first-order valence-corrected chi connectivity index (χ1v) is 8.30. The third kappa shape index (κ3) is 2.95. The third-order valence-electron chi connectivity index (χ3n) is 3.46. The molecular formula is C16H18N3O2S+. The molecule has 0 fully saturated rings. The minimum absolute atomic E-state index is 0.216. The summed E-state index contributed by atoms with van der Waals surface area (Å²) in [4.78, 5) is 3.43. The molecule has 0 aromatic heterocycles. The van der Waals surface area contributed by atoms with Gasteiger partial charge in [0.25, 0.3) is 10.0 Å². The number of hydrogen-bond acceptors (Lipinski definition) is 3. The highest BCUT2D eigenvalue weighted by molar-refractivity contribution is 7.92. The fourth-order valence-corrected chi connectivity index (χ4v) is 4.18. The summed E-state index contributed by atoms with van der Waals surface area (Å²) in [7, 11) is -3.76. The van der Waals surface area contributed by atoms with Crippen molar-refractivity contribution < 1.29 is 8.42 Å². The van der Waals surface area contributed by atoms with Crippen LogP contribution < -0.4 is 4.72 Å². The Morgan fingerprint density at radius 1 is 1.00 bits per heavy atom. The number of nitrogens with zero attached hydrogens (tertiary/aromatic N) is 2. The third-order valence-corrected chi connectivity index (χ3v) is 5.13. The van der Waals surface area contributed by atoms with E-state index < -0.39 is 10.0 Å². The normalized spacial score (nSPS) is 11.0. The maximum absolute atomic E-state index is 12.7. The fourth-order valence-electron chi connectivity index (χ4n) is 2.66. The highest BCUT2D eigenvalue weighted by Gasteiger charge is 2.25. The molecule has 0 atom stereocenters. The SMILES string of the molecule is Cc1cc(C)c(S(=O)(=O)Nc2cccc(C)c2[N+]#N)c(C)c1. The van der Waals surface area contributed by atoms with Gasteiger partial charge in [0.05, 0.1) is 4.90 Å². The van der Waals surface area contributed by atoms with E-state index in [1.165, 1.54) is 0 Å². The molecule has 0 radical (unpaired) electrons. The molecule has 6 heteroatoms. The summed E-state index contributed by atoms with van der Waals surface area (Å²) in [5, 5.41) is 9.10. The molecule has 22 heavy (non-hydrogen) atoms. The second-order valence-electron chi connectivity index (χ2n) is 5.40. The molecule has 1 N–H and O–H groups in total. The monoisotopic (exact) mass is 316 g/mol. The molecule has 0 heterocycles. The van der Waals surface area contributed by atoms with Crippen LogP contribution in [0.5, 0.6) is 0 Å². The van der Waals surface area contributed by atoms with Crippen molar-refractivity contribution in [3.8, 4) is 0 Å². The van der Waals surface area contributed by atoms with Gasteiger partial charge in [0.1, 0.15) is 5.69 Å². The maximum Gasteiger partial charge on any atom is 0.411 e. The van der Waals surface area contributed by atoms with Crippen LogP contribution >= 0.6 is 0 Å². The summed E-state index contributed by atoms with van der Waals surface area (Å²) in [6.07, 6.45) is 0. The van der Waals surface area contributed by atoms with E-state index in [0.29, 0.717) is 16.7 Å². The summed E-state index contributed by atoms with van der Waals surface area (Å²) in [5.41, 5.74) is 3.52. The Labute approximate surface area is 130 Å². The standard InChI is InChI=1S/C16H18N3O2S/c1-10-8-12(3)16(13(4)9-10)22(20,21)19-14-7-5-6-11(2)15(14)18-17/h5-9,19H,1-4H3/q+1. The van der Waals surface area contributed by atoms with Crippen molar-refractivity contribution in [2.75, 3.05) is 4.72 Å². The lowest BCUT2D eigenvalue weighted by atomic mass is 10.1. The van der Waals surface area contributed by atoms with Gasteiger partial charge in [-0.25, -0.2) is 8.42 Å². The summed E-state index contributed by atoms with van der Waals surface area (Å²) in [6.45, 7) is 7.20. The zero-order valence-electron chi connectivity index (χ0n) is 13.0. The Bertz CT molecular complexity index is 858. The lowest BCUT2D eigenvalue weighted by Crippen LogP contribution is -2.16. The second kappa shape index (κ2) is 5.78. The van der Waals surface area contributed by atoms with E-state index >= 15 is 0 Å². The van der Waals surface area contributed by atoms with Crippen molar-refractivity contribution in [3.05, 3.63) is 57.6 Å². The molecule has 0 saturated heterocycles. The van der Waals surface area contributed by atoms with Crippen molar-refractivity contribution in [1.82, 2.24) is 0 Å². The van der Waals surface area contributed by atoms with Crippen molar-refractivity contribution in [2.24, 2.45) is 0 Å². The summed E-state index contributed by atoms with van der Waals surface area (Å²) >= 11 is 0. The number of diazo groups is 1. The number of aryl methyl sites for hydroxylation is 4. The van der Waals surface area contributed by atoms with Gasteiger partial charge in [0.15, 0.2) is 4.98 Å². The summed E-state index contributed by atoms with van der Waals surface area (Å²) in [6, 6.07) is 8.68. The first-order valence-electron chi connectivity index (χ1n) is 6.81. The zero-order chi connectivity index (χ0) is 16.5. The van der Waals surface area contributed by atoms with Crippen LogP contribution in [0.2, 0.25) is 0 Å². The van der Waals surface area contributed by atoms with E-state index in [1.54, 1.807) is 39.0 Å². The average molecular weight is 316 g/mol. The van der Waals surface area contributed by atoms with Gasteiger partial charge in [-0.2, -0.15) is 0 Å². The van der Waals surface area contributed by atoms with Gasteiger partial charge in [-0.3, -0.25) is 4.72 Å². The fraction of sp³-hybridized carbons (Fsp3) is 0.250. The Morgan fingerprint density at radius 3 is 2.14 bits per heavy atom. The molecule has 0 spiro atoms. The van der Waals surface area contributed by atoms with Gasteiger partial charge >= 0.3 is 5.69 Å². The Balaban J connectivity index is 2.55. The van der Waals surface area contributed by atoms with Gasteiger partial charge in [0, 0.05) is 5.56 Å². The molecule has 0 bridgehead atoms. The molecule has 2 aromatic carbocycles. The van der Waals surface area contributed by atoms with Crippen LogP contribution in [-0.2, 0) is 10.0 Å². The smallest absolute Gasteiger partial charge is 0.272 e. The molecule has 0 saturated carbocycles. The number of anilines is 1. The predicted molar refractivity (Wildman–Crippen MR) is 87.4 cm³/mol. The van der Waals surface area contributed by atoms with Crippen LogP contribution in [0.3, 0.4) is 0 Å². The maximum atomic E-state index is 12.7. The minimum atomic E-state index is -3.76. The molecule has 0 aliphatic rings. The van der Waals surface area contributed by atoms with E-state index in [1.807, 2.05) is 19.1 Å². The molecule has 0 unspecified atom stereocenters. The van der Waals surface area contributed by atoms with Gasteiger partial charge in [0.2, 0.25) is 5.39 Å². The number of benzene rings is 2. The van der Waals surface area contributed by atoms with E-state index in [4.69, 9.17) is 5.39 Å². The topological polar surface area (TPSA) is 74.3 Å². The Kier molecular flexibility index (Phi) is 4.20. The van der Waals surface area contributed by atoms with E-state index in [2.05, 4.69) is 9.70 Å². The van der Waals surface area contributed by atoms with E-state index in [0.717, 1.165) is 5.56 Å². The molecule has 0 amide bonds. The van der Waals surface area contributed by atoms with E-state index in [9.17, 15) is 8.42 Å². The molecule has 114 valence electrons. The molecule has 2 aromatic rings. The lowest BCUT2D eigenvalue weighted by Gasteiger charge is -2.13. The van der Waals surface area contributed by atoms with E-state index in [-0.39, 0.29) is 16.3 Å². The van der Waals surface area contributed by atoms with Gasteiger partial charge in [-0.05, 0) is 44.9 Å². The largest absolute Gasteiger partial charge is 0.411 e. The van der Waals surface area contributed by atoms with Crippen molar-refractivity contribution in [1.29, 1.82) is 5.39 Å². The van der Waals surface area contributed by atoms with Crippen LogP contribution in [0.25, 0.3) is 4.98 Å². The van der Waals surface area contributed by atoms with Crippen LogP contribution in [0.1, 0.15) is 22.3 Å². The summed E-state index contributed by atoms with van der Waals surface area (Å²) < 4.78 is 27.9. The van der Waals surface area contributed by atoms with Crippen LogP contribution in [0, 0.1) is 33.1 Å². The first-order chi connectivity index (χ1) is 10.3. The highest BCUT2D eigenvalue weighted by atomic mass is 32.2. The highest BCUT2D eigenvalue weighted by Crippen LogP contribution is 2.32. The number of sulfonamides is 1. The van der Waals surface area contributed by atoms with Crippen LogP contribution in [0.15, 0.2) is 35.2 Å². The number of nitrogens with one attached hydrogen (secondary N) is 1. The van der Waals surface area contributed by atoms with Crippen molar-refractivity contribution in [2.45, 2.75) is 32.6 Å². The lowest BCUT2D eigenvalue weighted by molar-refractivity contribution is 0.600. The van der Waals surface area contributed by atoms with Crippen LogP contribution in [-0.4, -0.2) is 8.42 Å². The first kappa shape index (κ1) is 16.0. The second-order valence-corrected chi connectivity index (χ2v) is 7.02. The predicted octanol–water partition coefficient (Wildman–Crippen LogP) is 4.21. The molecule has 0 aliphatic carbocycles. The minimum Gasteiger partial charge on any atom is -0.272 e. The van der Waals surface area contributed by atoms with Crippen molar-refractivity contribution >= 4 is 21.4 Å². The van der Waals surface area contributed by atoms with Crippen LogP contribution in [0.4, 0.5) is 11.4 Å².